The number of likely N-dealkylation sites (N-methyl/N-ethyl adjacent to an activating group) is 1. The summed E-state index contributed by atoms with van der Waals surface area (Å²) >= 11 is 0. The summed E-state index contributed by atoms with van der Waals surface area (Å²) in [4.78, 5) is 22.6. The van der Waals surface area contributed by atoms with Crippen molar-refractivity contribution in [3.63, 3.8) is 0 Å². The second kappa shape index (κ2) is 8.25. The van der Waals surface area contributed by atoms with Gasteiger partial charge in [0.25, 0.3) is 5.91 Å². The van der Waals surface area contributed by atoms with E-state index in [1.165, 1.54) is 9.58 Å². The lowest BCUT2D eigenvalue weighted by atomic mass is 10.1. The number of hydrogen-bond acceptors (Lipinski definition) is 7. The quantitative estimate of drug-likeness (QED) is 0.505. The van der Waals surface area contributed by atoms with Crippen LogP contribution in [0.1, 0.15) is 16.8 Å². The van der Waals surface area contributed by atoms with Crippen molar-refractivity contribution in [2.45, 2.75) is 26.1 Å². The maximum Gasteiger partial charge on any atom is 0.255 e. The van der Waals surface area contributed by atoms with Crippen molar-refractivity contribution in [3.05, 3.63) is 71.4 Å². The highest BCUT2D eigenvalue weighted by molar-refractivity contribution is 6.04. The molecule has 0 unspecified atom stereocenters. The number of hydrogen-bond donors (Lipinski definition) is 3. The van der Waals surface area contributed by atoms with Crippen LogP contribution in [0, 0.1) is 18.6 Å². The molecule has 0 fully saturated rings. The predicted octanol–water partition coefficient (Wildman–Crippen LogP) is 2.75. The highest BCUT2D eigenvalue weighted by Gasteiger charge is 2.35. The number of benzene rings is 1. The van der Waals surface area contributed by atoms with Crippen molar-refractivity contribution in [1.82, 2.24) is 19.7 Å². The zero-order valence-corrected chi connectivity index (χ0v) is 17.4. The molecule has 0 radical (unpaired) electrons. The van der Waals surface area contributed by atoms with Gasteiger partial charge >= 0.3 is 0 Å². The van der Waals surface area contributed by atoms with Crippen LogP contribution in [0.3, 0.4) is 0 Å². The van der Waals surface area contributed by atoms with Gasteiger partial charge in [-0.3, -0.25) is 9.48 Å². The van der Waals surface area contributed by atoms with Gasteiger partial charge < -0.3 is 20.6 Å². The average Bonchev–Trinajstić information content (AvgIpc) is 3.17. The minimum Gasteiger partial charge on any atom is -0.510 e. The first kappa shape index (κ1) is 21.2. The molecule has 4 rings (SSSR count). The molecule has 32 heavy (non-hydrogen) atoms. The van der Waals surface area contributed by atoms with Crippen LogP contribution >= 0.6 is 0 Å². The van der Waals surface area contributed by atoms with Gasteiger partial charge in [-0.1, -0.05) is 6.58 Å². The molecule has 0 saturated heterocycles. The fourth-order valence-electron chi connectivity index (χ4n) is 3.51. The second-order valence-electron chi connectivity index (χ2n) is 7.46. The first-order valence-corrected chi connectivity index (χ1v) is 9.72. The highest BCUT2D eigenvalue weighted by atomic mass is 19.1. The van der Waals surface area contributed by atoms with Crippen LogP contribution in [0.25, 0.3) is 0 Å². The molecule has 11 heteroatoms. The summed E-state index contributed by atoms with van der Waals surface area (Å²) in [7, 11) is 1.63. The summed E-state index contributed by atoms with van der Waals surface area (Å²) in [6.07, 6.45) is 3.31. The molecule has 0 bridgehead atoms. The van der Waals surface area contributed by atoms with Crippen molar-refractivity contribution >= 4 is 23.4 Å². The summed E-state index contributed by atoms with van der Waals surface area (Å²) in [5.41, 5.74) is 2.00. The van der Waals surface area contributed by atoms with E-state index in [-0.39, 0.29) is 17.9 Å². The molecule has 0 saturated carbocycles. The number of amides is 1. The Bertz CT molecular complexity index is 1210. The van der Waals surface area contributed by atoms with Gasteiger partial charge in [-0.25, -0.2) is 13.8 Å². The molecule has 3 heterocycles. The number of aliphatic hydroxyl groups excluding tert-OH is 1. The molecule has 1 aliphatic heterocycles. The number of fused-ring (bicyclic) bond motifs is 1. The lowest BCUT2D eigenvalue weighted by Crippen LogP contribution is -2.47. The second-order valence-corrected chi connectivity index (χ2v) is 7.46. The minimum atomic E-state index is -0.953. The summed E-state index contributed by atoms with van der Waals surface area (Å²) in [6.45, 7) is 5.61. The fraction of sp³-hybridized carbons (Fsp3) is 0.238. The lowest BCUT2D eigenvalue weighted by Gasteiger charge is -2.34. The van der Waals surface area contributed by atoms with E-state index in [4.69, 9.17) is 0 Å². The van der Waals surface area contributed by atoms with Crippen LogP contribution in [0.4, 0.5) is 26.2 Å². The van der Waals surface area contributed by atoms with Gasteiger partial charge in [0.15, 0.2) is 11.9 Å². The molecular weight excluding hydrogens is 420 g/mol. The number of aliphatic hydroxyl groups is 1. The maximum absolute atomic E-state index is 13.9. The SMILES string of the molecule is C=C(O)[C@H]1C(=O)Nc2c(C)nc(NCc3cnn(Cc4cc(F)ccc4F)c3)nc2N1C. The third-order valence-corrected chi connectivity index (χ3v) is 5.08. The highest BCUT2D eigenvalue weighted by Crippen LogP contribution is 2.33. The van der Waals surface area contributed by atoms with E-state index in [0.29, 0.717) is 29.7 Å². The van der Waals surface area contributed by atoms with Crippen LogP contribution in [0.2, 0.25) is 0 Å². The number of rotatable bonds is 6. The van der Waals surface area contributed by atoms with Crippen LogP contribution in [0.5, 0.6) is 0 Å². The van der Waals surface area contributed by atoms with Crippen LogP contribution in [0.15, 0.2) is 42.9 Å². The largest absolute Gasteiger partial charge is 0.510 e. The summed E-state index contributed by atoms with van der Waals surface area (Å²) in [6, 6.07) is 2.34. The first-order chi connectivity index (χ1) is 15.2. The van der Waals surface area contributed by atoms with Gasteiger partial charge in [0.2, 0.25) is 5.95 Å². The van der Waals surface area contributed by atoms with Crippen molar-refractivity contribution in [2.75, 3.05) is 22.6 Å². The Morgan fingerprint density at radius 2 is 2.12 bits per heavy atom. The van der Waals surface area contributed by atoms with Crippen LogP contribution in [-0.2, 0) is 17.9 Å². The van der Waals surface area contributed by atoms with Gasteiger partial charge in [0.05, 0.1) is 18.4 Å². The topological polar surface area (TPSA) is 108 Å². The third kappa shape index (κ3) is 4.09. The summed E-state index contributed by atoms with van der Waals surface area (Å²) in [5, 5.41) is 19.7. The van der Waals surface area contributed by atoms with E-state index in [1.54, 1.807) is 26.4 Å². The lowest BCUT2D eigenvalue weighted by molar-refractivity contribution is -0.117. The molecule has 3 N–H and O–H groups in total. The zero-order chi connectivity index (χ0) is 23.0. The monoisotopic (exact) mass is 441 g/mol. The Hall–Kier alpha value is -4.02. The molecule has 166 valence electrons. The Morgan fingerprint density at radius 3 is 2.88 bits per heavy atom. The molecule has 3 aromatic rings. The van der Waals surface area contributed by atoms with Gasteiger partial charge in [-0.2, -0.15) is 10.1 Å². The van der Waals surface area contributed by atoms with E-state index in [0.717, 1.165) is 23.8 Å². The fourth-order valence-corrected chi connectivity index (χ4v) is 3.51. The van der Waals surface area contributed by atoms with Crippen molar-refractivity contribution in [2.24, 2.45) is 0 Å². The standard InChI is InChI=1S/C21H21F2N7O2/c1-11-17-19(29(3)18(12(2)31)20(32)27-17)28-21(26-11)24-7-13-8-25-30(9-13)10-14-6-15(22)4-5-16(14)23/h4-6,8-9,18,31H,2,7,10H2,1,3H3,(H,27,32)(H,24,26,28)/t18-/m0/s1. The first-order valence-electron chi connectivity index (χ1n) is 9.72. The average molecular weight is 441 g/mol. The third-order valence-electron chi connectivity index (χ3n) is 5.08. The molecule has 1 atom stereocenters. The van der Waals surface area contributed by atoms with E-state index in [1.807, 2.05) is 0 Å². The van der Waals surface area contributed by atoms with E-state index in [9.17, 15) is 18.7 Å². The van der Waals surface area contributed by atoms with Gasteiger partial charge in [-0.05, 0) is 25.1 Å². The van der Waals surface area contributed by atoms with E-state index >= 15 is 0 Å². The van der Waals surface area contributed by atoms with Crippen LogP contribution in [-0.4, -0.2) is 43.9 Å². The molecule has 1 aliphatic rings. The summed E-state index contributed by atoms with van der Waals surface area (Å²) in [5.74, 6) is -0.957. The van der Waals surface area contributed by atoms with Crippen molar-refractivity contribution < 1.29 is 18.7 Å². The predicted molar refractivity (Wildman–Crippen MR) is 114 cm³/mol. The Labute approximate surface area is 182 Å². The van der Waals surface area contributed by atoms with Crippen molar-refractivity contribution in [3.8, 4) is 0 Å². The zero-order valence-electron chi connectivity index (χ0n) is 17.4. The number of aromatic nitrogens is 4. The molecule has 0 spiro atoms. The Morgan fingerprint density at radius 1 is 1.34 bits per heavy atom. The molecule has 1 aromatic carbocycles. The summed E-state index contributed by atoms with van der Waals surface area (Å²) < 4.78 is 28.7. The van der Waals surface area contributed by atoms with E-state index in [2.05, 4.69) is 32.3 Å². The van der Waals surface area contributed by atoms with Gasteiger partial charge in [-0.15, -0.1) is 0 Å². The van der Waals surface area contributed by atoms with Crippen LogP contribution < -0.4 is 15.5 Å². The maximum atomic E-state index is 13.9. The number of anilines is 3. The molecule has 2 aromatic heterocycles. The van der Waals surface area contributed by atoms with Gasteiger partial charge in [0, 0.05) is 30.9 Å². The normalized spacial score (nSPS) is 15.3. The number of nitrogens with zero attached hydrogens (tertiary/aromatic N) is 5. The minimum absolute atomic E-state index is 0.0922. The number of carbonyl (C=O) groups is 1. The van der Waals surface area contributed by atoms with Crippen molar-refractivity contribution in [1.29, 1.82) is 0 Å². The Balaban J connectivity index is 1.48. The number of halogens is 2. The molecule has 9 nitrogen and oxygen atoms in total. The smallest absolute Gasteiger partial charge is 0.255 e. The molecule has 0 aliphatic carbocycles. The van der Waals surface area contributed by atoms with E-state index < -0.39 is 23.6 Å². The number of nitrogens with one attached hydrogen (secondary N) is 2. The van der Waals surface area contributed by atoms with Gasteiger partial charge in [0.1, 0.15) is 23.1 Å². The molecular formula is C21H21F2N7O2. The Kier molecular flexibility index (Phi) is 5.47. The number of carbonyl (C=O) groups excluding carboxylic acids is 1. The number of aryl methyl sites for hydroxylation is 1. The molecule has 1 amide bonds.